The highest BCUT2D eigenvalue weighted by Gasteiger charge is 2.20. The van der Waals surface area contributed by atoms with E-state index in [1.807, 2.05) is 6.07 Å². The number of nitrogens with one attached hydrogen (secondary N) is 2. The SMILES string of the molecule is CC(C)OC(=O)CC(NC(=O)CNC(=O)c1cccc(F)c1)c1ccccc1. The van der Waals surface area contributed by atoms with E-state index in [4.69, 9.17) is 4.74 Å². The van der Waals surface area contributed by atoms with Crippen LogP contribution in [0.25, 0.3) is 0 Å². The average molecular weight is 386 g/mol. The Kier molecular flexibility index (Phi) is 7.68. The van der Waals surface area contributed by atoms with Crippen molar-refractivity contribution in [1.82, 2.24) is 10.6 Å². The van der Waals surface area contributed by atoms with Gasteiger partial charge in [-0.15, -0.1) is 0 Å². The molecule has 28 heavy (non-hydrogen) atoms. The summed E-state index contributed by atoms with van der Waals surface area (Å²) in [4.78, 5) is 36.3. The van der Waals surface area contributed by atoms with Gasteiger partial charge in [0.1, 0.15) is 5.82 Å². The molecule has 2 rings (SSSR count). The van der Waals surface area contributed by atoms with Crippen LogP contribution in [0.15, 0.2) is 54.6 Å². The normalized spacial score (nSPS) is 11.6. The fourth-order valence-corrected chi connectivity index (χ4v) is 2.55. The van der Waals surface area contributed by atoms with Gasteiger partial charge >= 0.3 is 5.97 Å². The maximum Gasteiger partial charge on any atom is 0.308 e. The van der Waals surface area contributed by atoms with E-state index in [0.29, 0.717) is 0 Å². The zero-order chi connectivity index (χ0) is 20.5. The molecule has 0 saturated carbocycles. The van der Waals surface area contributed by atoms with Gasteiger partial charge in [-0.1, -0.05) is 36.4 Å². The van der Waals surface area contributed by atoms with Crippen LogP contribution in [-0.2, 0) is 14.3 Å². The van der Waals surface area contributed by atoms with Gasteiger partial charge in [0.2, 0.25) is 5.91 Å². The van der Waals surface area contributed by atoms with E-state index in [0.717, 1.165) is 11.6 Å². The first kappa shape index (κ1) is 21.1. The summed E-state index contributed by atoms with van der Waals surface area (Å²) >= 11 is 0. The minimum Gasteiger partial charge on any atom is -0.463 e. The summed E-state index contributed by atoms with van der Waals surface area (Å²) in [5.74, 6) is -2.01. The van der Waals surface area contributed by atoms with Gasteiger partial charge in [-0.25, -0.2) is 4.39 Å². The van der Waals surface area contributed by atoms with E-state index in [9.17, 15) is 18.8 Å². The highest BCUT2D eigenvalue weighted by Crippen LogP contribution is 2.17. The van der Waals surface area contributed by atoms with Gasteiger partial charge < -0.3 is 15.4 Å². The number of benzene rings is 2. The second-order valence-corrected chi connectivity index (χ2v) is 6.47. The Bertz CT molecular complexity index is 824. The number of hydrogen-bond acceptors (Lipinski definition) is 4. The van der Waals surface area contributed by atoms with E-state index in [2.05, 4.69) is 10.6 Å². The molecule has 0 aliphatic carbocycles. The summed E-state index contributed by atoms with van der Waals surface area (Å²) in [5, 5.41) is 5.16. The molecule has 0 bridgehead atoms. The highest BCUT2D eigenvalue weighted by molar-refractivity contribution is 5.96. The Labute approximate surface area is 163 Å². The number of hydrogen-bond donors (Lipinski definition) is 2. The summed E-state index contributed by atoms with van der Waals surface area (Å²) in [6, 6.07) is 13.6. The quantitative estimate of drug-likeness (QED) is 0.684. The van der Waals surface area contributed by atoms with Crippen molar-refractivity contribution >= 4 is 17.8 Å². The lowest BCUT2D eigenvalue weighted by molar-refractivity contribution is -0.148. The summed E-state index contributed by atoms with van der Waals surface area (Å²) in [6.07, 6.45) is -0.295. The first-order valence-corrected chi connectivity index (χ1v) is 8.92. The molecule has 2 N–H and O–H groups in total. The molecule has 6 nitrogen and oxygen atoms in total. The van der Waals surface area contributed by atoms with Crippen LogP contribution in [0.3, 0.4) is 0 Å². The molecule has 0 heterocycles. The smallest absolute Gasteiger partial charge is 0.308 e. The zero-order valence-electron chi connectivity index (χ0n) is 15.8. The van der Waals surface area contributed by atoms with Crippen molar-refractivity contribution < 1.29 is 23.5 Å². The predicted octanol–water partition coefficient (Wildman–Crippen LogP) is 2.75. The van der Waals surface area contributed by atoms with E-state index >= 15 is 0 Å². The lowest BCUT2D eigenvalue weighted by Crippen LogP contribution is -2.39. The van der Waals surface area contributed by atoms with Gasteiger partial charge in [-0.05, 0) is 37.6 Å². The zero-order valence-corrected chi connectivity index (χ0v) is 15.8. The van der Waals surface area contributed by atoms with Crippen molar-refractivity contribution in [2.45, 2.75) is 32.4 Å². The molecule has 0 aromatic heterocycles. The molecule has 2 amide bonds. The first-order chi connectivity index (χ1) is 13.3. The van der Waals surface area contributed by atoms with Crippen LogP contribution in [0.4, 0.5) is 4.39 Å². The van der Waals surface area contributed by atoms with E-state index in [1.165, 1.54) is 18.2 Å². The fourth-order valence-electron chi connectivity index (χ4n) is 2.55. The Hall–Kier alpha value is -3.22. The molecule has 0 saturated heterocycles. The van der Waals surface area contributed by atoms with Crippen LogP contribution in [0.2, 0.25) is 0 Å². The Balaban J connectivity index is 1.97. The second kappa shape index (κ2) is 10.2. The lowest BCUT2D eigenvalue weighted by Gasteiger charge is -2.19. The monoisotopic (exact) mass is 386 g/mol. The highest BCUT2D eigenvalue weighted by atomic mass is 19.1. The molecule has 0 aliphatic rings. The van der Waals surface area contributed by atoms with Crippen molar-refractivity contribution in [3.05, 3.63) is 71.5 Å². The van der Waals surface area contributed by atoms with Gasteiger partial charge in [0.25, 0.3) is 5.91 Å². The molecule has 2 aromatic carbocycles. The third-order valence-corrected chi connectivity index (χ3v) is 3.77. The second-order valence-electron chi connectivity index (χ2n) is 6.47. The molecular weight excluding hydrogens is 363 g/mol. The third kappa shape index (κ3) is 6.83. The van der Waals surface area contributed by atoms with Gasteiger partial charge in [0, 0.05) is 5.56 Å². The summed E-state index contributed by atoms with van der Waals surface area (Å²) in [7, 11) is 0. The molecular formula is C21H23FN2O4. The minimum absolute atomic E-state index is 0.0359. The van der Waals surface area contributed by atoms with Gasteiger partial charge in [0.05, 0.1) is 25.1 Å². The van der Waals surface area contributed by atoms with Crippen LogP contribution in [-0.4, -0.2) is 30.4 Å². The van der Waals surface area contributed by atoms with E-state index < -0.39 is 29.6 Å². The van der Waals surface area contributed by atoms with Crippen molar-refractivity contribution in [3.63, 3.8) is 0 Å². The van der Waals surface area contributed by atoms with Crippen molar-refractivity contribution in [2.24, 2.45) is 0 Å². The number of esters is 1. The Morgan fingerprint density at radius 3 is 2.39 bits per heavy atom. The van der Waals surface area contributed by atoms with E-state index in [-0.39, 0.29) is 24.6 Å². The summed E-state index contributed by atoms with van der Waals surface area (Å²) in [6.45, 7) is 3.18. The van der Waals surface area contributed by atoms with Gasteiger partial charge in [0.15, 0.2) is 0 Å². The molecule has 0 fully saturated rings. The largest absolute Gasteiger partial charge is 0.463 e. The molecule has 0 spiro atoms. The maximum atomic E-state index is 13.2. The van der Waals surface area contributed by atoms with Gasteiger partial charge in [-0.2, -0.15) is 0 Å². The average Bonchev–Trinajstić information content (AvgIpc) is 2.65. The lowest BCUT2D eigenvalue weighted by atomic mass is 10.0. The molecule has 0 radical (unpaired) electrons. The van der Waals surface area contributed by atoms with Crippen molar-refractivity contribution in [2.75, 3.05) is 6.54 Å². The summed E-state index contributed by atoms with van der Waals surface area (Å²) < 4.78 is 18.4. The standard InChI is InChI=1S/C21H23FN2O4/c1-14(2)28-20(26)12-18(15-7-4-3-5-8-15)24-19(25)13-23-21(27)16-9-6-10-17(22)11-16/h3-11,14,18H,12-13H2,1-2H3,(H,23,27)(H,24,25). The number of amides is 2. The predicted molar refractivity (Wildman–Crippen MR) is 102 cm³/mol. The number of carbonyl (C=O) groups excluding carboxylic acids is 3. The van der Waals surface area contributed by atoms with Crippen molar-refractivity contribution in [3.8, 4) is 0 Å². The maximum absolute atomic E-state index is 13.2. The molecule has 2 aromatic rings. The van der Waals surface area contributed by atoms with Crippen LogP contribution in [0.5, 0.6) is 0 Å². The van der Waals surface area contributed by atoms with Crippen LogP contribution in [0, 0.1) is 5.82 Å². The van der Waals surface area contributed by atoms with Crippen LogP contribution in [0.1, 0.15) is 42.2 Å². The summed E-state index contributed by atoms with van der Waals surface area (Å²) in [5.41, 5.74) is 0.862. The molecule has 7 heteroatoms. The molecule has 1 unspecified atom stereocenters. The first-order valence-electron chi connectivity index (χ1n) is 8.92. The third-order valence-electron chi connectivity index (χ3n) is 3.77. The number of carbonyl (C=O) groups is 3. The minimum atomic E-state index is -0.592. The van der Waals surface area contributed by atoms with Crippen LogP contribution >= 0.6 is 0 Å². The molecule has 1 atom stereocenters. The van der Waals surface area contributed by atoms with Crippen molar-refractivity contribution in [1.29, 1.82) is 0 Å². The van der Waals surface area contributed by atoms with E-state index in [1.54, 1.807) is 38.1 Å². The number of halogens is 1. The fraction of sp³-hybridized carbons (Fsp3) is 0.286. The van der Waals surface area contributed by atoms with Gasteiger partial charge in [-0.3, -0.25) is 14.4 Å². The molecule has 0 aliphatic heterocycles. The van der Waals surface area contributed by atoms with Crippen LogP contribution < -0.4 is 10.6 Å². The number of rotatable bonds is 8. The number of ether oxygens (including phenoxy) is 1. The molecule has 148 valence electrons. The Morgan fingerprint density at radius 2 is 1.75 bits per heavy atom. The topological polar surface area (TPSA) is 84.5 Å². The Morgan fingerprint density at radius 1 is 1.04 bits per heavy atom.